The van der Waals surface area contributed by atoms with Crippen LogP contribution < -0.4 is 0 Å². The Morgan fingerprint density at radius 1 is 0.818 bits per heavy atom. The second-order valence-electron chi connectivity index (χ2n) is 2.26. The van der Waals surface area contributed by atoms with Crippen molar-refractivity contribution in [2.75, 3.05) is 13.2 Å². The molecule has 2 N–H and O–H groups in total. The van der Waals surface area contributed by atoms with E-state index in [1.165, 1.54) is 18.1 Å². The van der Waals surface area contributed by atoms with Crippen LogP contribution in [0.2, 0.25) is 18.1 Å². The summed E-state index contributed by atoms with van der Waals surface area (Å²) in [5.41, 5.74) is 0. The first kappa shape index (κ1) is 13.7. The third kappa shape index (κ3) is 13.2. The van der Waals surface area contributed by atoms with E-state index in [9.17, 15) is 0 Å². The Morgan fingerprint density at radius 2 is 1.09 bits per heavy atom. The van der Waals surface area contributed by atoms with Gasteiger partial charge in [0.05, 0.1) is 13.2 Å². The number of aliphatic hydroxyl groups is 2. The van der Waals surface area contributed by atoms with Gasteiger partial charge < -0.3 is 10.2 Å². The van der Waals surface area contributed by atoms with Crippen LogP contribution in [0.3, 0.4) is 0 Å². The number of aliphatic hydroxyl groups excluding tert-OH is 2. The van der Waals surface area contributed by atoms with Gasteiger partial charge >= 0.3 is 0 Å². The highest BCUT2D eigenvalue weighted by Crippen LogP contribution is 2.01. The van der Waals surface area contributed by atoms with Crippen LogP contribution in [0.25, 0.3) is 0 Å². The fourth-order valence-electron chi connectivity index (χ4n) is 0.750. The molecule has 0 aliphatic carbocycles. The van der Waals surface area contributed by atoms with Crippen LogP contribution in [0.1, 0.15) is 20.8 Å². The first-order chi connectivity index (χ1) is 5.26. The van der Waals surface area contributed by atoms with E-state index in [0.717, 1.165) is 0 Å². The molecule has 11 heavy (non-hydrogen) atoms. The Morgan fingerprint density at radius 3 is 1.09 bits per heavy atom. The van der Waals surface area contributed by atoms with Crippen LogP contribution in [0.5, 0.6) is 0 Å². The van der Waals surface area contributed by atoms with Gasteiger partial charge in [-0.15, -0.1) is 0 Å². The lowest BCUT2D eigenvalue weighted by atomic mass is 10.8. The van der Waals surface area contributed by atoms with E-state index < -0.39 is 0 Å². The van der Waals surface area contributed by atoms with E-state index in [0.29, 0.717) is 0 Å². The van der Waals surface area contributed by atoms with Gasteiger partial charge in [-0.05, 0) is 0 Å². The molecule has 0 unspecified atom stereocenters. The lowest BCUT2D eigenvalue weighted by molar-refractivity contribution is 0.186. The fraction of sp³-hybridized carbons (Fsp3) is 1.00. The molecule has 3 heteroatoms. The molecule has 0 heterocycles. The minimum absolute atomic E-state index is 0.125. The van der Waals surface area contributed by atoms with Crippen molar-refractivity contribution in [1.29, 1.82) is 0 Å². The van der Waals surface area contributed by atoms with Crippen molar-refractivity contribution in [2.45, 2.75) is 38.9 Å². The van der Waals surface area contributed by atoms with Gasteiger partial charge in [0.15, 0.2) is 0 Å². The standard InChI is InChI=1S/C6H15Si.C2H6O2/c1-4-7(5-2)6-3;3-1-2-4/h4-6H2,1-3H3;3-4H,1-2H2. The molecule has 0 fully saturated rings. The average Bonchev–Trinajstić information content (AvgIpc) is 2.08. The zero-order valence-corrected chi connectivity index (χ0v) is 8.93. The lowest BCUT2D eigenvalue weighted by Gasteiger charge is -2.02. The molecule has 0 spiro atoms. The third-order valence-corrected chi connectivity index (χ3v) is 4.60. The van der Waals surface area contributed by atoms with Crippen LogP contribution in [-0.4, -0.2) is 32.2 Å². The summed E-state index contributed by atoms with van der Waals surface area (Å²) >= 11 is 0. The van der Waals surface area contributed by atoms with Crippen molar-refractivity contribution in [1.82, 2.24) is 0 Å². The molecule has 0 aromatic heterocycles. The maximum absolute atomic E-state index is 7.62. The molecule has 0 saturated carbocycles. The molecule has 0 rings (SSSR count). The summed E-state index contributed by atoms with van der Waals surface area (Å²) in [6.45, 7) is 6.67. The molecule has 0 atom stereocenters. The van der Waals surface area contributed by atoms with Crippen molar-refractivity contribution in [3.05, 3.63) is 0 Å². The molecule has 0 amide bonds. The van der Waals surface area contributed by atoms with Crippen LogP contribution in [0.15, 0.2) is 0 Å². The third-order valence-electron chi connectivity index (χ3n) is 1.60. The Labute approximate surface area is 71.9 Å². The monoisotopic (exact) mass is 177 g/mol. The molecule has 0 bridgehead atoms. The molecule has 0 aliphatic rings. The minimum Gasteiger partial charge on any atom is -0.394 e. The highest BCUT2D eigenvalue weighted by atomic mass is 28.3. The van der Waals surface area contributed by atoms with Gasteiger partial charge in [0, 0.05) is 8.80 Å². The van der Waals surface area contributed by atoms with Gasteiger partial charge in [0.25, 0.3) is 0 Å². The van der Waals surface area contributed by atoms with Crippen LogP contribution >= 0.6 is 0 Å². The Kier molecular flexibility index (Phi) is 15.9. The summed E-state index contributed by atoms with van der Waals surface area (Å²) in [7, 11) is 0.137. The summed E-state index contributed by atoms with van der Waals surface area (Å²) in [6, 6.07) is 4.37. The zero-order valence-electron chi connectivity index (χ0n) is 7.93. The first-order valence-corrected chi connectivity index (χ1v) is 6.44. The lowest BCUT2D eigenvalue weighted by Crippen LogP contribution is -2.04. The number of hydrogen-bond acceptors (Lipinski definition) is 2. The Balaban J connectivity index is 0. The summed E-state index contributed by atoms with van der Waals surface area (Å²) in [5, 5.41) is 15.2. The van der Waals surface area contributed by atoms with Gasteiger partial charge in [-0.25, -0.2) is 0 Å². The number of rotatable bonds is 4. The summed E-state index contributed by atoms with van der Waals surface area (Å²) in [6.07, 6.45) is 0. The van der Waals surface area contributed by atoms with Gasteiger partial charge in [-0.2, -0.15) is 0 Å². The quantitative estimate of drug-likeness (QED) is 0.639. The normalized spacial score (nSPS) is 9.27. The zero-order chi connectivity index (χ0) is 9.11. The predicted octanol–water partition coefficient (Wildman–Crippen LogP) is 1.51. The highest BCUT2D eigenvalue weighted by Gasteiger charge is 1.98. The summed E-state index contributed by atoms with van der Waals surface area (Å²) in [4.78, 5) is 0. The second-order valence-corrected chi connectivity index (χ2v) is 5.88. The van der Waals surface area contributed by atoms with E-state index >= 15 is 0 Å². The van der Waals surface area contributed by atoms with Crippen molar-refractivity contribution in [3.63, 3.8) is 0 Å². The second kappa shape index (κ2) is 12.8. The molecule has 0 aromatic carbocycles. The molecule has 1 radical (unpaired) electrons. The molecule has 69 valence electrons. The molecular formula is C8H21O2Si. The van der Waals surface area contributed by atoms with Gasteiger partial charge in [-0.1, -0.05) is 38.9 Å². The van der Waals surface area contributed by atoms with Gasteiger partial charge in [0.1, 0.15) is 0 Å². The first-order valence-electron chi connectivity index (χ1n) is 4.31. The van der Waals surface area contributed by atoms with E-state index in [1.807, 2.05) is 0 Å². The van der Waals surface area contributed by atoms with Crippen molar-refractivity contribution in [2.24, 2.45) is 0 Å². The van der Waals surface area contributed by atoms with Crippen LogP contribution in [0.4, 0.5) is 0 Å². The molecule has 2 nitrogen and oxygen atoms in total. The fourth-order valence-corrected chi connectivity index (χ4v) is 2.25. The molecule has 0 aromatic rings. The Bertz CT molecular complexity index is 48.5. The topological polar surface area (TPSA) is 40.5 Å². The maximum atomic E-state index is 7.62. The highest BCUT2D eigenvalue weighted by molar-refractivity contribution is 6.58. The minimum atomic E-state index is -0.125. The SMILES string of the molecule is CC[Si](CC)CC.OCCO. The van der Waals surface area contributed by atoms with Crippen molar-refractivity contribution < 1.29 is 10.2 Å². The molecule has 0 saturated heterocycles. The smallest absolute Gasteiger partial charge is 0.0662 e. The van der Waals surface area contributed by atoms with E-state index in [2.05, 4.69) is 20.8 Å². The average molecular weight is 177 g/mol. The van der Waals surface area contributed by atoms with Crippen LogP contribution in [-0.2, 0) is 0 Å². The van der Waals surface area contributed by atoms with Crippen molar-refractivity contribution in [3.8, 4) is 0 Å². The molecule has 0 aliphatic heterocycles. The van der Waals surface area contributed by atoms with Crippen molar-refractivity contribution >= 4 is 8.80 Å². The van der Waals surface area contributed by atoms with E-state index in [1.54, 1.807) is 0 Å². The summed E-state index contributed by atoms with van der Waals surface area (Å²) in [5.74, 6) is 0. The van der Waals surface area contributed by atoms with Gasteiger partial charge in [-0.3, -0.25) is 0 Å². The maximum Gasteiger partial charge on any atom is 0.0662 e. The number of hydrogen-bond donors (Lipinski definition) is 2. The summed E-state index contributed by atoms with van der Waals surface area (Å²) < 4.78 is 0. The largest absolute Gasteiger partial charge is 0.394 e. The molecular weight excluding hydrogens is 156 g/mol. The van der Waals surface area contributed by atoms with Gasteiger partial charge in [0.2, 0.25) is 0 Å². The van der Waals surface area contributed by atoms with E-state index in [-0.39, 0.29) is 22.0 Å². The van der Waals surface area contributed by atoms with E-state index in [4.69, 9.17) is 10.2 Å². The Hall–Kier alpha value is 0.137. The van der Waals surface area contributed by atoms with Crippen LogP contribution in [0, 0.1) is 0 Å². The predicted molar refractivity (Wildman–Crippen MR) is 51.4 cm³/mol.